The van der Waals surface area contributed by atoms with E-state index in [1.54, 1.807) is 36.3 Å². The molecule has 1 saturated heterocycles. The summed E-state index contributed by atoms with van der Waals surface area (Å²) in [4.78, 5) is 24.6. The zero-order valence-corrected chi connectivity index (χ0v) is 13.5. The minimum atomic E-state index is -0.941. The molecule has 124 valence electrons. The lowest BCUT2D eigenvalue weighted by atomic mass is 10.1. The Morgan fingerprint density at radius 3 is 3.00 bits per heavy atom. The van der Waals surface area contributed by atoms with Crippen LogP contribution in [0, 0.1) is 0 Å². The summed E-state index contributed by atoms with van der Waals surface area (Å²) in [6, 6.07) is 5.14. The first-order valence-electron chi connectivity index (χ1n) is 7.13. The Morgan fingerprint density at radius 2 is 2.30 bits per heavy atom. The third kappa shape index (κ3) is 4.97. The number of carbonyl (C=O) groups is 2. The summed E-state index contributed by atoms with van der Waals surface area (Å²) in [5.74, 6) is -0.529. The van der Waals surface area contributed by atoms with Crippen LogP contribution < -0.4 is 4.74 Å². The molecule has 1 N–H and O–H groups in total. The van der Waals surface area contributed by atoms with Crippen LogP contribution in [0.15, 0.2) is 24.3 Å². The van der Waals surface area contributed by atoms with Gasteiger partial charge in [-0.2, -0.15) is 0 Å². The molecule has 1 aliphatic heterocycles. The number of halogens is 1. The van der Waals surface area contributed by atoms with Crippen LogP contribution >= 0.6 is 11.6 Å². The van der Waals surface area contributed by atoms with Crippen molar-refractivity contribution in [2.75, 3.05) is 26.8 Å². The first-order chi connectivity index (χ1) is 11.0. The third-order valence-corrected chi connectivity index (χ3v) is 3.69. The van der Waals surface area contributed by atoms with Gasteiger partial charge in [0, 0.05) is 29.8 Å². The first-order valence-corrected chi connectivity index (χ1v) is 7.51. The van der Waals surface area contributed by atoms with Gasteiger partial charge in [-0.1, -0.05) is 11.6 Å². The molecule has 1 aromatic rings. The number of nitrogens with zero attached hydrogens (tertiary/aromatic N) is 1. The predicted molar refractivity (Wildman–Crippen MR) is 85.6 cm³/mol. The number of carboxylic acid groups (broad SMARTS) is 1. The summed E-state index contributed by atoms with van der Waals surface area (Å²) in [7, 11) is 1.54. The van der Waals surface area contributed by atoms with Gasteiger partial charge >= 0.3 is 5.97 Å². The number of carboxylic acids is 1. The number of morpholine rings is 1. The van der Waals surface area contributed by atoms with Crippen LogP contribution in [0.5, 0.6) is 5.75 Å². The van der Waals surface area contributed by atoms with E-state index in [2.05, 4.69) is 0 Å². The molecule has 0 spiro atoms. The van der Waals surface area contributed by atoms with Crippen molar-refractivity contribution >= 4 is 29.6 Å². The van der Waals surface area contributed by atoms with Crippen molar-refractivity contribution in [3.05, 3.63) is 34.9 Å². The van der Waals surface area contributed by atoms with Crippen LogP contribution in [-0.4, -0.2) is 54.8 Å². The average Bonchev–Trinajstić information content (AvgIpc) is 2.52. The molecule has 0 bridgehead atoms. The quantitative estimate of drug-likeness (QED) is 0.831. The maximum absolute atomic E-state index is 12.2. The molecule has 1 aromatic carbocycles. The normalized spacial score (nSPS) is 18.2. The molecule has 0 aromatic heterocycles. The molecule has 0 radical (unpaired) electrons. The van der Waals surface area contributed by atoms with E-state index in [1.807, 2.05) is 0 Å². The summed E-state index contributed by atoms with van der Waals surface area (Å²) in [5, 5.41) is 9.35. The Labute approximate surface area is 139 Å². The smallest absolute Gasteiger partial charge is 0.306 e. The molecule has 2 rings (SSSR count). The van der Waals surface area contributed by atoms with E-state index < -0.39 is 12.1 Å². The number of ether oxygens (including phenoxy) is 2. The standard InChI is InChI=1S/C16H18ClNO5/c1-22-14-4-3-12(17)8-11(14)2-5-15(19)18-6-7-23-13(10-18)9-16(20)21/h2-5,8,13H,6-7,9-10H2,1H3,(H,20,21)/b5-2+. The number of rotatable bonds is 5. The summed E-state index contributed by atoms with van der Waals surface area (Å²) in [5.41, 5.74) is 0.698. The molecular weight excluding hydrogens is 322 g/mol. The second kappa shape index (κ2) is 7.99. The molecule has 1 amide bonds. The minimum absolute atomic E-state index is 0.115. The van der Waals surface area contributed by atoms with Gasteiger partial charge in [-0.3, -0.25) is 9.59 Å². The molecule has 0 aliphatic carbocycles. The third-order valence-electron chi connectivity index (χ3n) is 3.45. The molecule has 23 heavy (non-hydrogen) atoms. The number of benzene rings is 1. The van der Waals surface area contributed by atoms with E-state index >= 15 is 0 Å². The van der Waals surface area contributed by atoms with Gasteiger partial charge in [-0.05, 0) is 24.3 Å². The lowest BCUT2D eigenvalue weighted by Gasteiger charge is -2.31. The largest absolute Gasteiger partial charge is 0.496 e. The molecular formula is C16H18ClNO5. The van der Waals surface area contributed by atoms with Crippen LogP contribution in [0.3, 0.4) is 0 Å². The van der Waals surface area contributed by atoms with Gasteiger partial charge in [0.2, 0.25) is 5.91 Å². The topological polar surface area (TPSA) is 76.1 Å². The van der Waals surface area contributed by atoms with Crippen molar-refractivity contribution < 1.29 is 24.2 Å². The number of aliphatic carboxylic acids is 1. The molecule has 7 heteroatoms. The van der Waals surface area contributed by atoms with Crippen LogP contribution in [-0.2, 0) is 14.3 Å². The molecule has 1 fully saturated rings. The Bertz CT molecular complexity index is 616. The fourth-order valence-electron chi connectivity index (χ4n) is 2.34. The van der Waals surface area contributed by atoms with Crippen molar-refractivity contribution in [1.29, 1.82) is 0 Å². The number of hydrogen-bond donors (Lipinski definition) is 1. The summed E-state index contributed by atoms with van der Waals surface area (Å²) >= 11 is 5.95. The molecule has 0 saturated carbocycles. The van der Waals surface area contributed by atoms with E-state index in [-0.39, 0.29) is 18.9 Å². The highest BCUT2D eigenvalue weighted by Crippen LogP contribution is 2.24. The van der Waals surface area contributed by atoms with Crippen molar-refractivity contribution in [2.45, 2.75) is 12.5 Å². The van der Waals surface area contributed by atoms with Crippen LogP contribution in [0.4, 0.5) is 0 Å². The van der Waals surface area contributed by atoms with E-state index in [0.717, 1.165) is 0 Å². The zero-order chi connectivity index (χ0) is 16.8. The molecule has 1 heterocycles. The van der Waals surface area contributed by atoms with Crippen LogP contribution in [0.2, 0.25) is 5.02 Å². The van der Waals surface area contributed by atoms with Crippen molar-refractivity contribution in [3.8, 4) is 5.75 Å². The highest BCUT2D eigenvalue weighted by molar-refractivity contribution is 6.30. The second-order valence-corrected chi connectivity index (χ2v) is 5.53. The minimum Gasteiger partial charge on any atom is -0.496 e. The van der Waals surface area contributed by atoms with Crippen LogP contribution in [0.25, 0.3) is 6.08 Å². The lowest BCUT2D eigenvalue weighted by Crippen LogP contribution is -2.45. The van der Waals surface area contributed by atoms with E-state index in [9.17, 15) is 9.59 Å². The summed E-state index contributed by atoms with van der Waals surface area (Å²) in [6.07, 6.45) is 2.47. The zero-order valence-electron chi connectivity index (χ0n) is 12.7. The van der Waals surface area contributed by atoms with E-state index in [1.165, 1.54) is 6.08 Å². The predicted octanol–water partition coefficient (Wildman–Crippen LogP) is 2.06. The highest BCUT2D eigenvalue weighted by atomic mass is 35.5. The van der Waals surface area contributed by atoms with E-state index in [4.69, 9.17) is 26.2 Å². The Morgan fingerprint density at radius 1 is 1.52 bits per heavy atom. The molecule has 1 unspecified atom stereocenters. The number of methoxy groups -OCH3 is 1. The highest BCUT2D eigenvalue weighted by Gasteiger charge is 2.24. The van der Waals surface area contributed by atoms with Gasteiger partial charge < -0.3 is 19.5 Å². The van der Waals surface area contributed by atoms with Gasteiger partial charge in [0.15, 0.2) is 0 Å². The first kappa shape index (κ1) is 17.3. The van der Waals surface area contributed by atoms with Gasteiger partial charge in [0.05, 0.1) is 26.2 Å². The molecule has 1 aliphatic rings. The van der Waals surface area contributed by atoms with Gasteiger partial charge in [-0.25, -0.2) is 0 Å². The SMILES string of the molecule is COc1ccc(Cl)cc1/C=C/C(=O)N1CCOC(CC(=O)O)C1. The van der Waals surface area contributed by atoms with Crippen molar-refractivity contribution in [1.82, 2.24) is 4.90 Å². The number of amides is 1. The fourth-order valence-corrected chi connectivity index (χ4v) is 2.52. The molecule has 6 nitrogen and oxygen atoms in total. The average molecular weight is 340 g/mol. The number of carbonyl (C=O) groups excluding carboxylic acids is 1. The summed E-state index contributed by atoms with van der Waals surface area (Å²) in [6.45, 7) is 1.03. The summed E-state index contributed by atoms with van der Waals surface area (Å²) < 4.78 is 10.6. The Balaban J connectivity index is 2.03. The number of hydrogen-bond acceptors (Lipinski definition) is 4. The van der Waals surface area contributed by atoms with Crippen molar-refractivity contribution in [2.24, 2.45) is 0 Å². The van der Waals surface area contributed by atoms with Gasteiger partial charge in [0.25, 0.3) is 0 Å². The maximum Gasteiger partial charge on any atom is 0.306 e. The van der Waals surface area contributed by atoms with Gasteiger partial charge in [0.1, 0.15) is 5.75 Å². The van der Waals surface area contributed by atoms with Crippen molar-refractivity contribution in [3.63, 3.8) is 0 Å². The maximum atomic E-state index is 12.2. The van der Waals surface area contributed by atoms with Crippen LogP contribution in [0.1, 0.15) is 12.0 Å². The lowest BCUT2D eigenvalue weighted by molar-refractivity contribution is -0.145. The van der Waals surface area contributed by atoms with Gasteiger partial charge in [-0.15, -0.1) is 0 Å². The Kier molecular flexibility index (Phi) is 6.01. The Hall–Kier alpha value is -2.05. The van der Waals surface area contributed by atoms with E-state index in [0.29, 0.717) is 29.5 Å². The monoisotopic (exact) mass is 339 g/mol. The fraction of sp³-hybridized carbons (Fsp3) is 0.375. The second-order valence-electron chi connectivity index (χ2n) is 5.09. The molecule has 1 atom stereocenters.